The van der Waals surface area contributed by atoms with Crippen LogP contribution in [0, 0.1) is 0 Å². The Hall–Kier alpha value is -0.840. The molecule has 2 rings (SSSR count). The first-order valence-corrected chi connectivity index (χ1v) is 7.48. The van der Waals surface area contributed by atoms with E-state index >= 15 is 0 Å². The monoisotopic (exact) mass is 341 g/mol. The van der Waals surface area contributed by atoms with Gasteiger partial charge in [-0.2, -0.15) is 5.10 Å². The predicted molar refractivity (Wildman–Crippen MR) is 82.6 cm³/mol. The number of nitrogens with one attached hydrogen (secondary N) is 1. The molecule has 0 aliphatic carbocycles. The van der Waals surface area contributed by atoms with Crippen LogP contribution in [0.3, 0.4) is 0 Å². The van der Waals surface area contributed by atoms with Crippen molar-refractivity contribution in [1.82, 2.24) is 15.1 Å². The lowest BCUT2D eigenvalue weighted by atomic mass is 10.0. The van der Waals surface area contributed by atoms with E-state index in [9.17, 15) is 0 Å². The van der Waals surface area contributed by atoms with Gasteiger partial charge in [0.25, 0.3) is 0 Å². The summed E-state index contributed by atoms with van der Waals surface area (Å²) in [6.45, 7) is 3.05. The molecule has 0 saturated heterocycles. The highest BCUT2D eigenvalue weighted by Crippen LogP contribution is 2.29. The molecule has 2 aromatic rings. The molecular weight excluding hydrogens is 326 g/mol. The van der Waals surface area contributed by atoms with Gasteiger partial charge in [0, 0.05) is 11.6 Å². The third kappa shape index (κ3) is 3.19. The van der Waals surface area contributed by atoms with Gasteiger partial charge in [0.1, 0.15) is 0 Å². The van der Waals surface area contributed by atoms with Crippen LogP contribution in [0.1, 0.15) is 30.6 Å². The van der Waals surface area contributed by atoms with E-state index in [0.29, 0.717) is 0 Å². The molecule has 0 fully saturated rings. The summed E-state index contributed by atoms with van der Waals surface area (Å²) in [6.07, 6.45) is 2.90. The van der Waals surface area contributed by atoms with E-state index in [1.165, 1.54) is 0 Å². The highest BCUT2D eigenvalue weighted by atomic mass is 79.9. The third-order valence-electron chi connectivity index (χ3n) is 3.01. The van der Waals surface area contributed by atoms with Gasteiger partial charge in [-0.25, -0.2) is 0 Å². The quantitative estimate of drug-likeness (QED) is 0.889. The Morgan fingerprint density at radius 3 is 2.89 bits per heavy atom. The van der Waals surface area contributed by atoms with Crippen molar-refractivity contribution < 1.29 is 0 Å². The van der Waals surface area contributed by atoms with E-state index < -0.39 is 0 Å². The summed E-state index contributed by atoms with van der Waals surface area (Å²) < 4.78 is 3.05. The van der Waals surface area contributed by atoms with Gasteiger partial charge in [0.2, 0.25) is 0 Å². The second-order valence-electron chi connectivity index (χ2n) is 4.38. The maximum atomic E-state index is 6.09. The fourth-order valence-electron chi connectivity index (χ4n) is 2.20. The van der Waals surface area contributed by atoms with Gasteiger partial charge in [-0.1, -0.05) is 30.7 Å². The summed E-state index contributed by atoms with van der Waals surface area (Å²) in [5.41, 5.74) is 2.26. The van der Waals surface area contributed by atoms with Crippen molar-refractivity contribution in [3.8, 4) is 0 Å². The Bertz CT molecular complexity index is 553. The fraction of sp³-hybridized carbons (Fsp3) is 0.357. The average Bonchev–Trinajstić information content (AvgIpc) is 2.74. The van der Waals surface area contributed by atoms with E-state index in [1.807, 2.05) is 36.1 Å². The molecule has 1 unspecified atom stereocenters. The first kappa shape index (κ1) is 14.6. The van der Waals surface area contributed by atoms with E-state index in [2.05, 4.69) is 39.3 Å². The lowest BCUT2D eigenvalue weighted by molar-refractivity contribution is 0.533. The number of halogens is 2. The van der Waals surface area contributed by atoms with Crippen molar-refractivity contribution in [3.05, 3.63) is 51.2 Å². The van der Waals surface area contributed by atoms with Crippen molar-refractivity contribution in [3.63, 3.8) is 0 Å². The third-order valence-corrected chi connectivity index (χ3v) is 3.86. The highest BCUT2D eigenvalue weighted by Gasteiger charge is 2.20. The van der Waals surface area contributed by atoms with Gasteiger partial charge in [0.15, 0.2) is 0 Å². The maximum absolute atomic E-state index is 6.09. The summed E-state index contributed by atoms with van der Waals surface area (Å²) >= 11 is 9.67. The molecule has 0 aliphatic heterocycles. The molecule has 0 saturated carbocycles. The van der Waals surface area contributed by atoms with Gasteiger partial charge in [0.05, 0.1) is 22.4 Å². The molecule has 0 spiro atoms. The van der Waals surface area contributed by atoms with Crippen molar-refractivity contribution in [2.24, 2.45) is 0 Å². The van der Waals surface area contributed by atoms with Crippen LogP contribution >= 0.6 is 27.5 Å². The molecule has 5 heteroatoms. The molecule has 0 radical (unpaired) electrons. The van der Waals surface area contributed by atoms with Gasteiger partial charge in [-0.05, 0) is 47.1 Å². The summed E-state index contributed by atoms with van der Waals surface area (Å²) in [4.78, 5) is 0. The molecule has 0 bridgehead atoms. The number of hydrogen-bond donors (Lipinski definition) is 1. The van der Waals surface area contributed by atoms with Crippen molar-refractivity contribution >= 4 is 27.5 Å². The SMILES string of the molecule is CCCn1ncc(Br)c1C(NC)c1cccc(Cl)c1. The van der Waals surface area contributed by atoms with Crippen molar-refractivity contribution in [1.29, 1.82) is 0 Å². The zero-order chi connectivity index (χ0) is 13.8. The standard InChI is InChI=1S/C14H17BrClN3/c1-3-7-19-14(12(15)9-18-19)13(17-2)10-5-4-6-11(16)8-10/h4-6,8-9,13,17H,3,7H2,1-2H3. The number of aryl methyl sites for hydroxylation is 1. The Kier molecular flexibility index (Phi) is 5.02. The summed E-state index contributed by atoms with van der Waals surface area (Å²) in [7, 11) is 1.95. The van der Waals surface area contributed by atoms with Gasteiger partial charge < -0.3 is 5.32 Å². The Morgan fingerprint density at radius 1 is 1.47 bits per heavy atom. The minimum atomic E-state index is 0.0714. The first-order chi connectivity index (χ1) is 9.17. The van der Waals surface area contributed by atoms with Crippen LogP contribution in [-0.4, -0.2) is 16.8 Å². The Morgan fingerprint density at radius 2 is 2.26 bits per heavy atom. The second-order valence-corrected chi connectivity index (χ2v) is 5.67. The van der Waals surface area contributed by atoms with Crippen molar-refractivity contribution in [2.45, 2.75) is 25.9 Å². The Balaban J connectivity index is 2.44. The van der Waals surface area contributed by atoms with Crippen LogP contribution in [0.5, 0.6) is 0 Å². The lowest BCUT2D eigenvalue weighted by Gasteiger charge is -2.19. The molecule has 1 aromatic heterocycles. The summed E-state index contributed by atoms with van der Waals surface area (Å²) in [6, 6.07) is 7.98. The number of hydrogen-bond acceptors (Lipinski definition) is 2. The zero-order valence-corrected chi connectivity index (χ0v) is 13.4. The molecule has 1 aromatic carbocycles. The van der Waals surface area contributed by atoms with Gasteiger partial charge in [-0.15, -0.1) is 0 Å². The number of benzene rings is 1. The van der Waals surface area contributed by atoms with Gasteiger partial charge >= 0.3 is 0 Å². The molecule has 1 N–H and O–H groups in total. The second kappa shape index (κ2) is 6.55. The summed E-state index contributed by atoms with van der Waals surface area (Å²) in [5.74, 6) is 0. The molecule has 102 valence electrons. The normalized spacial score (nSPS) is 12.6. The Labute approximate surface area is 127 Å². The van der Waals surface area contributed by atoms with E-state index in [0.717, 1.165) is 33.7 Å². The molecule has 19 heavy (non-hydrogen) atoms. The molecule has 0 amide bonds. The van der Waals surface area contributed by atoms with E-state index in [-0.39, 0.29) is 6.04 Å². The smallest absolute Gasteiger partial charge is 0.0757 e. The zero-order valence-electron chi connectivity index (χ0n) is 11.0. The maximum Gasteiger partial charge on any atom is 0.0757 e. The summed E-state index contributed by atoms with van der Waals surface area (Å²) in [5, 5.41) is 8.50. The lowest BCUT2D eigenvalue weighted by Crippen LogP contribution is -2.22. The van der Waals surface area contributed by atoms with Crippen LogP contribution in [-0.2, 0) is 6.54 Å². The predicted octanol–water partition coefficient (Wildman–Crippen LogP) is 4.02. The molecule has 1 atom stereocenters. The van der Waals surface area contributed by atoms with Crippen molar-refractivity contribution in [2.75, 3.05) is 7.05 Å². The van der Waals surface area contributed by atoms with Crippen LogP contribution in [0.15, 0.2) is 34.9 Å². The van der Waals surface area contributed by atoms with E-state index in [4.69, 9.17) is 11.6 Å². The molecule has 0 aliphatic rings. The van der Waals surface area contributed by atoms with Crippen LogP contribution in [0.25, 0.3) is 0 Å². The first-order valence-electron chi connectivity index (χ1n) is 6.31. The molecule has 3 nitrogen and oxygen atoms in total. The number of rotatable bonds is 5. The molecule has 1 heterocycles. The topological polar surface area (TPSA) is 29.9 Å². The minimum Gasteiger partial charge on any atom is -0.308 e. The number of aromatic nitrogens is 2. The average molecular weight is 343 g/mol. The largest absolute Gasteiger partial charge is 0.308 e. The fourth-order valence-corrected chi connectivity index (χ4v) is 2.92. The highest BCUT2D eigenvalue weighted by molar-refractivity contribution is 9.10. The number of nitrogens with zero attached hydrogens (tertiary/aromatic N) is 2. The van der Waals surface area contributed by atoms with Crippen LogP contribution < -0.4 is 5.32 Å². The van der Waals surface area contributed by atoms with Crippen LogP contribution in [0.4, 0.5) is 0 Å². The minimum absolute atomic E-state index is 0.0714. The molecular formula is C14H17BrClN3. The van der Waals surface area contributed by atoms with E-state index in [1.54, 1.807) is 0 Å². The van der Waals surface area contributed by atoms with Gasteiger partial charge in [-0.3, -0.25) is 4.68 Å². The van der Waals surface area contributed by atoms with Crippen LogP contribution in [0.2, 0.25) is 5.02 Å².